The van der Waals surface area contributed by atoms with Crippen LogP contribution in [-0.4, -0.2) is 62.2 Å². The molecule has 0 bridgehead atoms. The first kappa shape index (κ1) is 28.7. The molecule has 1 N–H and O–H groups in total. The number of amides is 2. The summed E-state index contributed by atoms with van der Waals surface area (Å²) in [5, 5.41) is 2.86. The second kappa shape index (κ2) is 12.5. The number of carbonyl (C=O) groups excluding carboxylic acids is 2. The number of benzene rings is 2. The maximum absolute atomic E-state index is 14.6. The second-order valence-corrected chi connectivity index (χ2v) is 11.4. The molecule has 11 heteroatoms. The van der Waals surface area contributed by atoms with Gasteiger partial charge >= 0.3 is 10.2 Å². The summed E-state index contributed by atoms with van der Waals surface area (Å²) < 4.78 is 43.2. The Morgan fingerprint density at radius 2 is 1.74 bits per heavy atom. The van der Waals surface area contributed by atoms with E-state index in [1.807, 2.05) is 26.0 Å². The van der Waals surface area contributed by atoms with E-state index in [-0.39, 0.29) is 24.2 Å². The molecule has 35 heavy (non-hydrogen) atoms. The highest BCUT2D eigenvalue weighted by Crippen LogP contribution is 2.24. The zero-order valence-electron chi connectivity index (χ0n) is 20.5. The molecular formula is C24H32BrFN4O4S. The normalized spacial score (nSPS) is 13.3. The van der Waals surface area contributed by atoms with Gasteiger partial charge in [-0.25, -0.2) is 8.70 Å². The first-order valence-corrected chi connectivity index (χ1v) is 13.4. The molecule has 8 nitrogen and oxygen atoms in total. The summed E-state index contributed by atoms with van der Waals surface area (Å²) in [4.78, 5) is 27.8. The van der Waals surface area contributed by atoms with Gasteiger partial charge in [-0.1, -0.05) is 47.1 Å². The minimum atomic E-state index is -4.22. The number of rotatable bonds is 11. The highest BCUT2D eigenvalue weighted by atomic mass is 79.9. The maximum atomic E-state index is 14.6. The lowest BCUT2D eigenvalue weighted by Crippen LogP contribution is -2.53. The van der Waals surface area contributed by atoms with Gasteiger partial charge < -0.3 is 10.2 Å². The lowest BCUT2D eigenvalue weighted by Gasteiger charge is -2.33. The molecule has 2 aromatic carbocycles. The van der Waals surface area contributed by atoms with Gasteiger partial charge in [-0.2, -0.15) is 12.7 Å². The fraction of sp³-hybridized carbons (Fsp3) is 0.417. The molecule has 0 aliphatic carbocycles. The van der Waals surface area contributed by atoms with Crippen LogP contribution in [0.15, 0.2) is 53.0 Å². The molecule has 0 aliphatic heterocycles. The molecule has 2 atom stereocenters. The molecule has 0 saturated carbocycles. The molecule has 0 aliphatic rings. The van der Waals surface area contributed by atoms with Crippen molar-refractivity contribution < 1.29 is 22.4 Å². The van der Waals surface area contributed by atoms with Crippen LogP contribution in [-0.2, 0) is 26.3 Å². The van der Waals surface area contributed by atoms with E-state index in [1.54, 1.807) is 19.1 Å². The van der Waals surface area contributed by atoms with E-state index in [4.69, 9.17) is 0 Å². The quantitative estimate of drug-likeness (QED) is 0.447. The van der Waals surface area contributed by atoms with Crippen molar-refractivity contribution in [2.75, 3.05) is 24.9 Å². The minimum absolute atomic E-state index is 0.0560. The second-order valence-electron chi connectivity index (χ2n) is 8.39. The van der Waals surface area contributed by atoms with Crippen molar-refractivity contribution in [3.63, 3.8) is 0 Å². The van der Waals surface area contributed by atoms with E-state index in [0.29, 0.717) is 6.42 Å². The number of hydrogen-bond donors (Lipinski definition) is 1. The molecule has 0 radical (unpaired) electrons. The summed E-state index contributed by atoms with van der Waals surface area (Å²) in [5.74, 6) is -1.80. The molecule has 0 saturated heterocycles. The van der Waals surface area contributed by atoms with E-state index >= 15 is 0 Å². The average molecular weight is 572 g/mol. The zero-order chi connectivity index (χ0) is 26.3. The van der Waals surface area contributed by atoms with Crippen LogP contribution in [0.5, 0.6) is 0 Å². The van der Waals surface area contributed by atoms with Gasteiger partial charge in [-0.05, 0) is 50.1 Å². The molecule has 0 fully saturated rings. The Morgan fingerprint density at radius 1 is 1.09 bits per heavy atom. The summed E-state index contributed by atoms with van der Waals surface area (Å²) in [5.41, 5.74) is 0.484. The molecule has 2 amide bonds. The van der Waals surface area contributed by atoms with Crippen molar-refractivity contribution in [3.8, 4) is 0 Å². The SMILES string of the molecule is CC[C@H](C)NC(=O)[C@H](C)N(Cc1cccc(Br)c1)C(=O)CN(c1ccccc1F)S(=O)(=O)N(C)C. The Kier molecular flexibility index (Phi) is 10.2. The predicted octanol–water partition coefficient (Wildman–Crippen LogP) is 3.53. The van der Waals surface area contributed by atoms with Crippen LogP contribution in [0.25, 0.3) is 0 Å². The molecular weight excluding hydrogens is 539 g/mol. The minimum Gasteiger partial charge on any atom is -0.352 e. The highest BCUT2D eigenvalue weighted by molar-refractivity contribution is 9.10. The van der Waals surface area contributed by atoms with Gasteiger partial charge in [-0.15, -0.1) is 0 Å². The molecule has 0 spiro atoms. The van der Waals surface area contributed by atoms with Crippen LogP contribution >= 0.6 is 15.9 Å². The van der Waals surface area contributed by atoms with Gasteiger partial charge in [0.25, 0.3) is 0 Å². The summed E-state index contributed by atoms with van der Waals surface area (Å²) in [6.07, 6.45) is 0.709. The molecule has 2 rings (SSSR count). The Morgan fingerprint density at radius 3 is 2.31 bits per heavy atom. The van der Waals surface area contributed by atoms with Crippen LogP contribution in [0.3, 0.4) is 0 Å². The summed E-state index contributed by atoms with van der Waals surface area (Å²) >= 11 is 3.40. The van der Waals surface area contributed by atoms with E-state index < -0.39 is 34.5 Å². The highest BCUT2D eigenvalue weighted by Gasteiger charge is 2.33. The van der Waals surface area contributed by atoms with Gasteiger partial charge in [0.15, 0.2) is 0 Å². The largest absolute Gasteiger partial charge is 0.352 e. The van der Waals surface area contributed by atoms with Crippen LogP contribution in [0, 0.1) is 5.82 Å². The van der Waals surface area contributed by atoms with Crippen LogP contribution in [0.4, 0.5) is 10.1 Å². The predicted molar refractivity (Wildman–Crippen MR) is 138 cm³/mol. The van der Waals surface area contributed by atoms with E-state index in [1.165, 1.54) is 37.2 Å². The van der Waals surface area contributed by atoms with Crippen molar-refractivity contribution in [1.82, 2.24) is 14.5 Å². The average Bonchev–Trinajstić information content (AvgIpc) is 2.80. The fourth-order valence-corrected chi connectivity index (χ4v) is 4.75. The maximum Gasteiger partial charge on any atom is 0.304 e. The Hall–Kier alpha value is -2.50. The van der Waals surface area contributed by atoms with Gasteiger partial charge in [0.2, 0.25) is 11.8 Å². The first-order chi connectivity index (χ1) is 16.4. The van der Waals surface area contributed by atoms with Gasteiger partial charge in [0.1, 0.15) is 18.4 Å². The van der Waals surface area contributed by atoms with Crippen molar-refractivity contribution in [2.45, 2.75) is 45.8 Å². The number of para-hydroxylation sites is 1. The molecule has 2 aromatic rings. The van der Waals surface area contributed by atoms with Crippen LogP contribution in [0.1, 0.15) is 32.8 Å². The number of carbonyl (C=O) groups is 2. The van der Waals surface area contributed by atoms with Gasteiger partial charge in [-0.3, -0.25) is 9.59 Å². The molecule has 0 unspecified atom stereocenters. The summed E-state index contributed by atoms with van der Waals surface area (Å²) in [7, 11) is -1.62. The number of anilines is 1. The van der Waals surface area contributed by atoms with Gasteiger partial charge in [0, 0.05) is 31.2 Å². The summed E-state index contributed by atoms with van der Waals surface area (Å²) in [6, 6.07) is 11.6. The van der Waals surface area contributed by atoms with Crippen molar-refractivity contribution in [2.24, 2.45) is 0 Å². The van der Waals surface area contributed by atoms with E-state index in [0.717, 1.165) is 24.7 Å². The zero-order valence-corrected chi connectivity index (χ0v) is 22.9. The van der Waals surface area contributed by atoms with Crippen molar-refractivity contribution in [3.05, 3.63) is 64.4 Å². The molecule has 192 valence electrons. The first-order valence-electron chi connectivity index (χ1n) is 11.2. The third-order valence-corrected chi connectivity index (χ3v) is 7.85. The number of nitrogens with one attached hydrogen (secondary N) is 1. The summed E-state index contributed by atoms with van der Waals surface area (Å²) in [6.45, 7) is 4.74. The van der Waals surface area contributed by atoms with Gasteiger partial charge in [0.05, 0.1) is 5.69 Å². The molecule has 0 heterocycles. The van der Waals surface area contributed by atoms with E-state index in [9.17, 15) is 22.4 Å². The monoisotopic (exact) mass is 570 g/mol. The van der Waals surface area contributed by atoms with Crippen LogP contribution in [0.2, 0.25) is 0 Å². The lowest BCUT2D eigenvalue weighted by atomic mass is 10.1. The van der Waals surface area contributed by atoms with Crippen molar-refractivity contribution in [1.29, 1.82) is 0 Å². The topological polar surface area (TPSA) is 90.0 Å². The van der Waals surface area contributed by atoms with Crippen molar-refractivity contribution >= 4 is 43.6 Å². The Labute approximate surface area is 215 Å². The fourth-order valence-electron chi connectivity index (χ4n) is 3.24. The standard InChI is InChI=1S/C24H32BrFN4O4S/c1-6-17(2)27-24(32)18(3)29(15-19-10-9-11-20(25)14-19)23(31)16-30(35(33,34)28(4)5)22-13-8-7-12-21(22)26/h7-14,17-18H,6,15-16H2,1-5H3,(H,27,32)/t17-,18-/m0/s1. The van der Waals surface area contributed by atoms with Crippen LogP contribution < -0.4 is 9.62 Å². The number of hydrogen-bond acceptors (Lipinski definition) is 4. The Bertz CT molecular complexity index is 1150. The third-order valence-electron chi connectivity index (χ3n) is 5.55. The van der Waals surface area contributed by atoms with E-state index in [2.05, 4.69) is 21.2 Å². The number of nitrogens with zero attached hydrogens (tertiary/aromatic N) is 3. The third kappa shape index (κ3) is 7.49. The Balaban J connectivity index is 2.47. The lowest BCUT2D eigenvalue weighted by molar-refractivity contribution is -0.139. The molecule has 0 aromatic heterocycles. The number of halogens is 2. The smallest absolute Gasteiger partial charge is 0.304 e.